The van der Waals surface area contributed by atoms with E-state index < -0.39 is 0 Å². The van der Waals surface area contributed by atoms with Crippen molar-refractivity contribution in [2.45, 2.75) is 26.3 Å². The van der Waals surface area contributed by atoms with Crippen molar-refractivity contribution in [3.05, 3.63) is 45.9 Å². The van der Waals surface area contributed by atoms with Crippen molar-refractivity contribution in [2.75, 3.05) is 7.05 Å². The van der Waals surface area contributed by atoms with Gasteiger partial charge in [-0.05, 0) is 66.2 Å². The third-order valence-electron chi connectivity index (χ3n) is 3.26. The summed E-state index contributed by atoms with van der Waals surface area (Å²) in [4.78, 5) is 0. The van der Waals surface area contributed by atoms with Gasteiger partial charge in [-0.2, -0.15) is 0 Å². The number of aryl methyl sites for hydroxylation is 1. The molecule has 0 saturated carbocycles. The van der Waals surface area contributed by atoms with Crippen LogP contribution in [0.25, 0.3) is 11.3 Å². The van der Waals surface area contributed by atoms with E-state index in [2.05, 4.69) is 28.2 Å². The first-order valence-corrected chi connectivity index (χ1v) is 7.09. The Balaban J connectivity index is 2.40. The molecule has 1 heterocycles. The van der Waals surface area contributed by atoms with Crippen LogP contribution in [0.3, 0.4) is 0 Å². The van der Waals surface area contributed by atoms with Crippen LogP contribution in [0.1, 0.15) is 30.7 Å². The van der Waals surface area contributed by atoms with Gasteiger partial charge in [-0.25, -0.2) is 4.39 Å². The fraction of sp³-hybridized carbons (Fsp3) is 0.333. The Labute approximate surface area is 121 Å². The predicted molar refractivity (Wildman–Crippen MR) is 78.6 cm³/mol. The van der Waals surface area contributed by atoms with E-state index in [1.165, 1.54) is 6.07 Å². The monoisotopic (exact) mass is 325 g/mol. The molecule has 2 rings (SSSR count). The Morgan fingerprint density at radius 3 is 2.74 bits per heavy atom. The molecule has 102 valence electrons. The Morgan fingerprint density at radius 2 is 2.11 bits per heavy atom. The average Bonchev–Trinajstić information content (AvgIpc) is 2.85. The van der Waals surface area contributed by atoms with Crippen molar-refractivity contribution >= 4 is 15.9 Å². The number of benzene rings is 1. The third kappa shape index (κ3) is 2.90. The molecule has 1 N–H and O–H groups in total. The summed E-state index contributed by atoms with van der Waals surface area (Å²) in [5, 5.41) is 3.19. The van der Waals surface area contributed by atoms with Crippen molar-refractivity contribution in [3.63, 3.8) is 0 Å². The molecule has 1 aromatic heterocycles. The summed E-state index contributed by atoms with van der Waals surface area (Å²) in [7, 11) is 1.90. The van der Waals surface area contributed by atoms with E-state index in [1.807, 2.05) is 26.1 Å². The maximum absolute atomic E-state index is 13.6. The highest BCUT2D eigenvalue weighted by Gasteiger charge is 2.15. The molecule has 1 atom stereocenters. The number of halogens is 2. The summed E-state index contributed by atoms with van der Waals surface area (Å²) in [6.45, 7) is 4.03. The number of nitrogens with one attached hydrogen (secondary N) is 1. The maximum atomic E-state index is 13.6. The van der Waals surface area contributed by atoms with Crippen LogP contribution in [-0.4, -0.2) is 7.05 Å². The molecule has 0 bridgehead atoms. The van der Waals surface area contributed by atoms with E-state index in [4.69, 9.17) is 4.42 Å². The lowest BCUT2D eigenvalue weighted by molar-refractivity contribution is 0.431. The van der Waals surface area contributed by atoms with Gasteiger partial charge in [-0.3, -0.25) is 0 Å². The Hall–Kier alpha value is -1.13. The number of furan rings is 1. The highest BCUT2D eigenvalue weighted by Crippen LogP contribution is 2.31. The first-order chi connectivity index (χ1) is 9.06. The van der Waals surface area contributed by atoms with E-state index >= 15 is 0 Å². The van der Waals surface area contributed by atoms with E-state index in [0.717, 1.165) is 23.3 Å². The van der Waals surface area contributed by atoms with Gasteiger partial charge in [-0.15, -0.1) is 0 Å². The standard InChI is InChI=1S/C15H17BrFNO/c1-4-13(18-3)15-6-5-14(19-15)10-8-12(17)11(16)7-9(10)2/h5-8,13,18H,4H2,1-3H3. The number of hydrogen-bond donors (Lipinski definition) is 1. The number of hydrogen-bond acceptors (Lipinski definition) is 2. The van der Waals surface area contributed by atoms with Crippen LogP contribution >= 0.6 is 15.9 Å². The molecule has 0 aliphatic heterocycles. The normalized spacial score (nSPS) is 12.7. The van der Waals surface area contributed by atoms with Gasteiger partial charge in [0.25, 0.3) is 0 Å². The van der Waals surface area contributed by atoms with Crippen LogP contribution in [0.5, 0.6) is 0 Å². The molecule has 1 aromatic carbocycles. The Morgan fingerprint density at radius 1 is 1.37 bits per heavy atom. The summed E-state index contributed by atoms with van der Waals surface area (Å²) in [6.07, 6.45) is 0.942. The van der Waals surface area contributed by atoms with Crippen molar-refractivity contribution in [3.8, 4) is 11.3 Å². The molecular weight excluding hydrogens is 309 g/mol. The zero-order valence-corrected chi connectivity index (χ0v) is 12.8. The van der Waals surface area contributed by atoms with Crippen LogP contribution in [0.15, 0.2) is 33.2 Å². The molecule has 0 spiro atoms. The molecule has 4 heteroatoms. The lowest BCUT2D eigenvalue weighted by atomic mass is 10.1. The number of rotatable bonds is 4. The zero-order valence-electron chi connectivity index (χ0n) is 11.3. The topological polar surface area (TPSA) is 25.2 Å². The van der Waals surface area contributed by atoms with Crippen molar-refractivity contribution in [2.24, 2.45) is 0 Å². The summed E-state index contributed by atoms with van der Waals surface area (Å²) in [5.74, 6) is 1.30. The molecule has 0 saturated heterocycles. The van der Waals surface area contributed by atoms with Crippen LogP contribution in [-0.2, 0) is 0 Å². The molecule has 0 radical (unpaired) electrons. The first-order valence-electron chi connectivity index (χ1n) is 6.29. The minimum Gasteiger partial charge on any atom is -0.459 e. The fourth-order valence-corrected chi connectivity index (χ4v) is 2.60. The molecule has 1 unspecified atom stereocenters. The lowest BCUT2D eigenvalue weighted by Crippen LogP contribution is -2.14. The summed E-state index contributed by atoms with van der Waals surface area (Å²) < 4.78 is 20.0. The molecular formula is C15H17BrFNO. The smallest absolute Gasteiger partial charge is 0.138 e. The molecule has 0 aliphatic carbocycles. The molecule has 0 aliphatic rings. The summed E-state index contributed by atoms with van der Waals surface area (Å²) in [6, 6.07) is 7.30. The van der Waals surface area contributed by atoms with Crippen LogP contribution < -0.4 is 5.32 Å². The molecule has 0 fully saturated rings. The van der Waals surface area contributed by atoms with Gasteiger partial charge in [0.1, 0.15) is 17.3 Å². The first kappa shape index (κ1) is 14.3. The highest BCUT2D eigenvalue weighted by atomic mass is 79.9. The van der Waals surface area contributed by atoms with Gasteiger partial charge < -0.3 is 9.73 Å². The minimum absolute atomic E-state index is 0.189. The maximum Gasteiger partial charge on any atom is 0.138 e. The summed E-state index contributed by atoms with van der Waals surface area (Å²) >= 11 is 3.19. The Bertz CT molecular complexity index is 576. The lowest BCUT2D eigenvalue weighted by Gasteiger charge is -2.10. The highest BCUT2D eigenvalue weighted by molar-refractivity contribution is 9.10. The molecule has 2 aromatic rings. The third-order valence-corrected chi connectivity index (χ3v) is 3.87. The molecule has 0 amide bonds. The van der Waals surface area contributed by atoms with Gasteiger partial charge in [0.15, 0.2) is 0 Å². The average molecular weight is 326 g/mol. The minimum atomic E-state index is -0.279. The molecule has 19 heavy (non-hydrogen) atoms. The van der Waals surface area contributed by atoms with Crippen molar-refractivity contribution in [1.29, 1.82) is 0 Å². The van der Waals surface area contributed by atoms with Gasteiger partial charge in [0, 0.05) is 5.56 Å². The van der Waals surface area contributed by atoms with Crippen LogP contribution in [0, 0.1) is 12.7 Å². The van der Waals surface area contributed by atoms with E-state index in [-0.39, 0.29) is 11.9 Å². The van der Waals surface area contributed by atoms with E-state index in [9.17, 15) is 4.39 Å². The van der Waals surface area contributed by atoms with E-state index in [1.54, 1.807) is 6.07 Å². The van der Waals surface area contributed by atoms with Crippen molar-refractivity contribution in [1.82, 2.24) is 5.32 Å². The second-order valence-corrected chi connectivity index (χ2v) is 5.39. The van der Waals surface area contributed by atoms with Gasteiger partial charge in [0.2, 0.25) is 0 Å². The van der Waals surface area contributed by atoms with Gasteiger partial charge in [0.05, 0.1) is 10.5 Å². The zero-order chi connectivity index (χ0) is 14.0. The largest absolute Gasteiger partial charge is 0.459 e. The van der Waals surface area contributed by atoms with Crippen molar-refractivity contribution < 1.29 is 8.81 Å². The fourth-order valence-electron chi connectivity index (χ4n) is 2.14. The van der Waals surface area contributed by atoms with Gasteiger partial charge >= 0.3 is 0 Å². The molecule has 2 nitrogen and oxygen atoms in total. The SMILES string of the molecule is CCC(NC)c1ccc(-c2cc(F)c(Br)cc2C)o1. The summed E-state index contributed by atoms with van der Waals surface area (Å²) in [5.41, 5.74) is 1.77. The van der Waals surface area contributed by atoms with Gasteiger partial charge in [-0.1, -0.05) is 6.92 Å². The Kier molecular flexibility index (Phi) is 4.42. The predicted octanol–water partition coefficient (Wildman–Crippen LogP) is 4.83. The second-order valence-electron chi connectivity index (χ2n) is 4.53. The second kappa shape index (κ2) is 5.88. The van der Waals surface area contributed by atoms with Crippen LogP contribution in [0.2, 0.25) is 0 Å². The van der Waals surface area contributed by atoms with E-state index in [0.29, 0.717) is 10.2 Å². The quantitative estimate of drug-likeness (QED) is 0.871. The van der Waals surface area contributed by atoms with Crippen LogP contribution in [0.4, 0.5) is 4.39 Å².